The van der Waals surface area contributed by atoms with Crippen molar-refractivity contribution in [3.63, 3.8) is 0 Å². The molecular formula is C24H29N3O5S. The molecule has 1 amide bonds. The number of ether oxygens (including phenoxy) is 3. The molecule has 0 fully saturated rings. The zero-order valence-electron chi connectivity index (χ0n) is 19.4. The second-order valence-electron chi connectivity index (χ2n) is 7.02. The molecule has 0 saturated heterocycles. The summed E-state index contributed by atoms with van der Waals surface area (Å²) in [6.45, 7) is 6.26. The van der Waals surface area contributed by atoms with Crippen LogP contribution in [0.4, 0.5) is 5.13 Å². The van der Waals surface area contributed by atoms with Gasteiger partial charge in [0.1, 0.15) is 10.9 Å². The number of anilines is 1. The molecule has 0 radical (unpaired) electrons. The summed E-state index contributed by atoms with van der Waals surface area (Å²) in [7, 11) is 1.51. The van der Waals surface area contributed by atoms with Crippen molar-refractivity contribution in [3.8, 4) is 17.6 Å². The van der Waals surface area contributed by atoms with Crippen LogP contribution in [0.3, 0.4) is 0 Å². The van der Waals surface area contributed by atoms with E-state index in [1.165, 1.54) is 13.2 Å². The predicted molar refractivity (Wildman–Crippen MR) is 128 cm³/mol. The van der Waals surface area contributed by atoms with Gasteiger partial charge in [0.2, 0.25) is 0 Å². The van der Waals surface area contributed by atoms with Crippen molar-refractivity contribution >= 4 is 34.4 Å². The Balaban J connectivity index is 2.26. The number of aryl methyl sites for hydroxylation is 1. The fourth-order valence-corrected chi connectivity index (χ4v) is 3.97. The summed E-state index contributed by atoms with van der Waals surface area (Å²) < 4.78 is 15.7. The highest BCUT2D eigenvalue weighted by atomic mass is 32.1. The number of methoxy groups -OCH3 is 1. The first kappa shape index (κ1) is 25.9. The van der Waals surface area contributed by atoms with Crippen LogP contribution in [0.25, 0.3) is 6.08 Å². The van der Waals surface area contributed by atoms with Crippen LogP contribution >= 0.6 is 11.3 Å². The number of carbonyl (C=O) groups excluding carboxylic acids is 2. The molecule has 2 rings (SSSR count). The number of aromatic nitrogens is 1. The van der Waals surface area contributed by atoms with E-state index in [4.69, 9.17) is 19.5 Å². The maximum atomic E-state index is 13.1. The molecule has 1 heterocycles. The fourth-order valence-electron chi connectivity index (χ4n) is 2.98. The summed E-state index contributed by atoms with van der Waals surface area (Å²) in [4.78, 5) is 31.7. The highest BCUT2D eigenvalue weighted by molar-refractivity contribution is 7.17. The highest BCUT2D eigenvalue weighted by Crippen LogP contribution is 2.30. The van der Waals surface area contributed by atoms with E-state index in [1.54, 1.807) is 43.0 Å². The van der Waals surface area contributed by atoms with E-state index in [2.05, 4.69) is 11.9 Å². The number of nitriles is 1. The Morgan fingerprint density at radius 2 is 2.03 bits per heavy atom. The second-order valence-corrected chi connectivity index (χ2v) is 8.00. The molecule has 0 spiro atoms. The lowest BCUT2D eigenvalue weighted by Gasteiger charge is -2.18. The molecule has 1 aromatic carbocycles. The van der Waals surface area contributed by atoms with Crippen LogP contribution in [0, 0.1) is 18.3 Å². The van der Waals surface area contributed by atoms with Gasteiger partial charge < -0.3 is 14.2 Å². The van der Waals surface area contributed by atoms with Crippen molar-refractivity contribution in [1.29, 1.82) is 5.26 Å². The predicted octanol–water partition coefficient (Wildman–Crippen LogP) is 4.78. The number of nitrogens with zero attached hydrogens (tertiary/aromatic N) is 3. The summed E-state index contributed by atoms with van der Waals surface area (Å²) in [6, 6.07) is 7.10. The third-order valence-electron chi connectivity index (χ3n) is 4.63. The third kappa shape index (κ3) is 7.32. The second kappa shape index (κ2) is 13.2. The van der Waals surface area contributed by atoms with E-state index in [0.29, 0.717) is 33.7 Å². The zero-order valence-corrected chi connectivity index (χ0v) is 20.2. The Morgan fingerprint density at radius 1 is 1.24 bits per heavy atom. The Hall–Kier alpha value is -3.38. The Kier molecular flexibility index (Phi) is 10.4. The highest BCUT2D eigenvalue weighted by Gasteiger charge is 2.22. The molecular weight excluding hydrogens is 442 g/mol. The summed E-state index contributed by atoms with van der Waals surface area (Å²) in [6.07, 6.45) is 5.96. The first-order valence-electron chi connectivity index (χ1n) is 10.8. The number of amides is 1. The molecule has 0 aliphatic carbocycles. The van der Waals surface area contributed by atoms with Crippen LogP contribution in [-0.4, -0.2) is 43.7 Å². The molecule has 9 heteroatoms. The lowest BCUT2D eigenvalue weighted by molar-refractivity contribution is -0.114. The molecule has 1 aromatic heterocycles. The third-order valence-corrected chi connectivity index (χ3v) is 5.79. The van der Waals surface area contributed by atoms with Crippen molar-refractivity contribution in [3.05, 3.63) is 40.4 Å². The molecule has 0 aliphatic rings. The minimum absolute atomic E-state index is 0.0855. The normalized spacial score (nSPS) is 10.6. The molecule has 2 aromatic rings. The number of hydrogen-bond donors (Lipinski definition) is 0. The van der Waals surface area contributed by atoms with E-state index in [-0.39, 0.29) is 19.1 Å². The largest absolute Gasteiger partial charge is 0.493 e. The van der Waals surface area contributed by atoms with E-state index in [0.717, 1.165) is 36.2 Å². The molecule has 0 saturated carbocycles. The van der Waals surface area contributed by atoms with Crippen molar-refractivity contribution in [1.82, 2.24) is 4.98 Å². The standard InChI is InChI=1S/C24H29N3O5S/c1-5-7-8-14-27(24-26-17(3)22(33-24)23(29)31-6-2)21(28)12-10-18-9-11-19(32-15-13-25)20(16-18)30-4/h9-12,16H,5-8,14-15H2,1-4H3. The molecule has 8 nitrogen and oxygen atoms in total. The molecule has 33 heavy (non-hydrogen) atoms. The summed E-state index contributed by atoms with van der Waals surface area (Å²) in [5.41, 5.74) is 1.28. The van der Waals surface area contributed by atoms with Gasteiger partial charge in [-0.15, -0.1) is 0 Å². The van der Waals surface area contributed by atoms with Gasteiger partial charge in [-0.2, -0.15) is 5.26 Å². The number of rotatable bonds is 12. The average Bonchev–Trinajstić information content (AvgIpc) is 3.20. The monoisotopic (exact) mass is 471 g/mol. The number of unbranched alkanes of at least 4 members (excludes halogenated alkanes) is 2. The van der Waals surface area contributed by atoms with Crippen LogP contribution in [0.15, 0.2) is 24.3 Å². The van der Waals surface area contributed by atoms with Gasteiger partial charge in [-0.1, -0.05) is 37.2 Å². The summed E-state index contributed by atoms with van der Waals surface area (Å²) >= 11 is 1.16. The Morgan fingerprint density at radius 3 is 2.70 bits per heavy atom. The molecule has 0 N–H and O–H groups in total. The number of thiazole rings is 1. The smallest absolute Gasteiger partial charge is 0.350 e. The topological polar surface area (TPSA) is 102 Å². The minimum atomic E-state index is -0.430. The maximum Gasteiger partial charge on any atom is 0.350 e. The lowest BCUT2D eigenvalue weighted by atomic mass is 10.2. The van der Waals surface area contributed by atoms with Crippen LogP contribution in [0.2, 0.25) is 0 Å². The van der Waals surface area contributed by atoms with Crippen LogP contribution in [0.5, 0.6) is 11.5 Å². The van der Waals surface area contributed by atoms with Gasteiger partial charge in [0, 0.05) is 12.6 Å². The van der Waals surface area contributed by atoms with Gasteiger partial charge in [-0.05, 0) is 44.0 Å². The Bertz CT molecular complexity index is 1030. The number of benzene rings is 1. The van der Waals surface area contributed by atoms with Crippen LogP contribution < -0.4 is 14.4 Å². The van der Waals surface area contributed by atoms with Gasteiger partial charge in [0.05, 0.1) is 19.4 Å². The molecule has 0 bridgehead atoms. The molecule has 176 valence electrons. The van der Waals surface area contributed by atoms with E-state index in [9.17, 15) is 9.59 Å². The minimum Gasteiger partial charge on any atom is -0.493 e. The number of hydrogen-bond acceptors (Lipinski definition) is 8. The van der Waals surface area contributed by atoms with Crippen LogP contribution in [-0.2, 0) is 9.53 Å². The number of carbonyl (C=O) groups is 2. The van der Waals surface area contributed by atoms with Gasteiger partial charge in [-0.25, -0.2) is 9.78 Å². The van der Waals surface area contributed by atoms with Crippen molar-refractivity contribution in [2.45, 2.75) is 40.0 Å². The first-order chi connectivity index (χ1) is 15.9. The van der Waals surface area contributed by atoms with Gasteiger partial charge in [0.15, 0.2) is 23.2 Å². The van der Waals surface area contributed by atoms with Gasteiger partial charge >= 0.3 is 5.97 Å². The quantitative estimate of drug-likeness (QED) is 0.249. The average molecular weight is 472 g/mol. The first-order valence-corrected chi connectivity index (χ1v) is 11.6. The number of esters is 1. The maximum absolute atomic E-state index is 13.1. The summed E-state index contributed by atoms with van der Waals surface area (Å²) in [5.74, 6) is 0.253. The summed E-state index contributed by atoms with van der Waals surface area (Å²) in [5, 5.41) is 9.16. The van der Waals surface area contributed by atoms with Crippen molar-refractivity contribution < 1.29 is 23.8 Å². The Labute approximate surface area is 198 Å². The molecule has 0 unspecified atom stereocenters. The SMILES string of the molecule is CCCCCN(C(=O)C=Cc1ccc(OCC#N)c(OC)c1)c1nc(C)c(C(=O)OCC)s1. The van der Waals surface area contributed by atoms with Crippen molar-refractivity contribution in [2.24, 2.45) is 0 Å². The molecule has 0 aliphatic heterocycles. The van der Waals surface area contributed by atoms with Gasteiger partial charge in [-0.3, -0.25) is 9.69 Å². The van der Waals surface area contributed by atoms with E-state index in [1.807, 2.05) is 6.07 Å². The zero-order chi connectivity index (χ0) is 24.2. The van der Waals surface area contributed by atoms with Crippen molar-refractivity contribution in [2.75, 3.05) is 31.8 Å². The van der Waals surface area contributed by atoms with E-state index < -0.39 is 5.97 Å². The van der Waals surface area contributed by atoms with E-state index >= 15 is 0 Å². The lowest BCUT2D eigenvalue weighted by Crippen LogP contribution is -2.30. The van der Waals surface area contributed by atoms with Gasteiger partial charge in [0.25, 0.3) is 5.91 Å². The van der Waals surface area contributed by atoms with Crippen LogP contribution in [0.1, 0.15) is 54.0 Å². The molecule has 0 atom stereocenters. The fraction of sp³-hybridized carbons (Fsp3) is 0.417.